The van der Waals surface area contributed by atoms with Crippen molar-refractivity contribution in [1.29, 1.82) is 0 Å². The van der Waals surface area contributed by atoms with E-state index in [1.54, 1.807) is 89.0 Å². The van der Waals surface area contributed by atoms with Gasteiger partial charge in [-0.2, -0.15) is 25.1 Å². The molecule has 25 nitrogen and oxygen atoms in total. The minimum absolute atomic E-state index is 0. The molecule has 0 aliphatic carbocycles. The van der Waals surface area contributed by atoms with E-state index >= 15 is 0 Å². The third kappa shape index (κ3) is 21.2. The molecule has 16 aromatic rings. The first-order valence-electron chi connectivity index (χ1n) is 30.8. The molecule has 0 spiro atoms. The number of aryl methyl sites for hydroxylation is 7. The standard InChI is InChI=1S/C20H15N3O.C14H12N4O.C13H12N4O.C10H13N3O.C9H8N2O.C8H8N2O2.4Al.2Ga/c24-20-18(15-9-3-1-4-10-15)22-23(16-11-5-2-6-12-16)19(20)17-13-7-8-14-21-17;1-10-5-4-6-11(9-10)13-16-14(19)18(17-13)12-7-2-3-8-15-12;1-8-7-9(2)17(16-8)12-13(18)15-11-6-4-3-5-10(11)14-12;1-7-4-10(14)12(6-7)13-9(3)5-8(2)11-13;12-9-5-3-7-11(9)8-4-1-2-6-10-8;1-6-2-3-8(11)10(6)7-4-12-5-9-7;;;;;;/h1-14,24H;2-9H,1H3,(H,16,17,19);3-7H,1-2H3,(H,15,18);4-6,14H,1-3H3;1-7,12H;2-5,11H,1H3;;;;;;/q;;;;;;6*+3/p-6. The van der Waals surface area contributed by atoms with Crippen LogP contribution in [0, 0.1) is 48.5 Å². The normalized spacial score (nSPS) is 10.0. The molecule has 496 valence electrons. The Bertz CT molecular complexity index is 5230. The van der Waals surface area contributed by atoms with Crippen molar-refractivity contribution in [2.75, 3.05) is 0 Å². The Balaban J connectivity index is 0.000000227. The minimum Gasteiger partial charge on any atom is -0.869 e. The second-order valence-corrected chi connectivity index (χ2v) is 22.1. The fourth-order valence-electron chi connectivity index (χ4n) is 10.2. The van der Waals surface area contributed by atoms with Crippen LogP contribution < -0.4 is 30.6 Å². The summed E-state index contributed by atoms with van der Waals surface area (Å²) in [5, 5.41) is 88.0. The van der Waals surface area contributed by atoms with E-state index in [0.717, 1.165) is 56.4 Å². The van der Waals surface area contributed by atoms with Crippen LogP contribution in [0.3, 0.4) is 0 Å². The third-order valence-electron chi connectivity index (χ3n) is 14.6. The van der Waals surface area contributed by atoms with Crippen LogP contribution in [-0.4, -0.2) is 197 Å². The van der Waals surface area contributed by atoms with E-state index in [1.807, 2.05) is 194 Å². The average Bonchev–Trinajstić information content (AvgIpc) is 1.65. The molecule has 16 rings (SSSR count). The van der Waals surface area contributed by atoms with Crippen molar-refractivity contribution in [3.05, 3.63) is 289 Å². The zero-order valence-corrected chi connectivity index (χ0v) is 67.5. The number of nitrogens with zero attached hydrogens (tertiary/aromatic N) is 18. The van der Waals surface area contributed by atoms with E-state index < -0.39 is 6.01 Å². The SMILES string of the molecule is Cc1cc(C)n(-c2nc3ccccc3nc2[O-])n1.Cc1cc([O-])n(-n2nc(C)cc2C)c1.Cc1ccc([O-])n1-c1cocn1.Cc1cccc(-c2nc([O-])n(-c3ccccn3)n2)c1.[Al+3].[Al+3].[Al+3].[Al+3].[Ga+3].[Ga+3].[O-]c1c(-c2ccccc2)nn(-c2ccccc2)c1-c1ccccn1.[O-]c1cccn1-c1ccccn1. The van der Waals surface area contributed by atoms with Gasteiger partial charge in [-0.05, 0) is 169 Å². The molecular weight excluding hydrogens is 1500 g/mol. The van der Waals surface area contributed by atoms with Gasteiger partial charge >= 0.3 is 109 Å². The molecule has 0 saturated heterocycles. The first kappa shape index (κ1) is 85.3. The number of para-hydroxylation sites is 3. The summed E-state index contributed by atoms with van der Waals surface area (Å²) in [5.74, 6) is 1.67. The molecule has 0 saturated carbocycles. The Labute approximate surface area is 673 Å². The fraction of sp³-hybridized carbons (Fsp3) is 0.0946. The summed E-state index contributed by atoms with van der Waals surface area (Å²) < 4.78 is 13.7. The molecule has 0 N–H and O–H groups in total. The summed E-state index contributed by atoms with van der Waals surface area (Å²) in [6, 6.07) is 61.9. The van der Waals surface area contributed by atoms with Crippen molar-refractivity contribution in [2.45, 2.75) is 48.5 Å². The van der Waals surface area contributed by atoms with E-state index in [-0.39, 0.29) is 144 Å². The Morgan fingerprint density at radius 1 is 0.419 bits per heavy atom. The van der Waals surface area contributed by atoms with Gasteiger partial charge in [-0.15, -0.1) is 5.10 Å². The van der Waals surface area contributed by atoms with Crippen molar-refractivity contribution in [1.82, 2.24) is 87.9 Å². The number of hydrogen-bond donors (Lipinski definition) is 0. The Hall–Kier alpha value is -10.3. The first-order chi connectivity index (χ1) is 48.0. The molecule has 31 heteroatoms. The summed E-state index contributed by atoms with van der Waals surface area (Å²) in [7, 11) is 0. The molecule has 0 bridgehead atoms. The number of fused-ring (bicyclic) bond motifs is 1. The van der Waals surface area contributed by atoms with Crippen LogP contribution in [0.2, 0.25) is 0 Å². The van der Waals surface area contributed by atoms with Crippen molar-refractivity contribution < 1.29 is 35.1 Å². The van der Waals surface area contributed by atoms with Gasteiger partial charge in [0.2, 0.25) is 0 Å². The van der Waals surface area contributed by atoms with Gasteiger partial charge in [0, 0.05) is 59.4 Å². The molecule has 4 aromatic carbocycles. The first-order valence-corrected chi connectivity index (χ1v) is 30.8. The summed E-state index contributed by atoms with van der Waals surface area (Å²) >= 11 is 0. The molecule has 0 fully saturated rings. The molecule has 12 heterocycles. The second kappa shape index (κ2) is 40.1. The van der Waals surface area contributed by atoms with E-state index in [9.17, 15) is 30.6 Å². The van der Waals surface area contributed by atoms with Gasteiger partial charge in [0.05, 0.1) is 56.9 Å². The van der Waals surface area contributed by atoms with Crippen molar-refractivity contribution in [2.24, 2.45) is 0 Å². The zero-order chi connectivity index (χ0) is 69.5. The number of aromatic nitrogens is 18. The van der Waals surface area contributed by atoms with Crippen LogP contribution in [0.15, 0.2) is 254 Å². The van der Waals surface area contributed by atoms with Crippen LogP contribution in [0.1, 0.15) is 39.6 Å². The quantitative estimate of drug-likeness (QED) is 0.127. The van der Waals surface area contributed by atoms with Crippen LogP contribution in [-0.2, 0) is 0 Å². The molecule has 0 aliphatic rings. The summed E-state index contributed by atoms with van der Waals surface area (Å²) in [5.41, 5.74) is 11.8. The number of oxazole rings is 1. The second-order valence-electron chi connectivity index (χ2n) is 22.1. The predicted molar refractivity (Wildman–Crippen MR) is 395 cm³/mol. The topological polar surface area (TPSA) is 328 Å². The van der Waals surface area contributed by atoms with E-state index in [2.05, 4.69) is 55.3 Å². The van der Waals surface area contributed by atoms with E-state index in [0.29, 0.717) is 51.4 Å². The fourth-order valence-corrected chi connectivity index (χ4v) is 10.2. The minimum atomic E-state index is -0.421. The van der Waals surface area contributed by atoms with Gasteiger partial charge in [0.15, 0.2) is 29.7 Å². The van der Waals surface area contributed by atoms with Crippen molar-refractivity contribution >= 4 is 120 Å². The Morgan fingerprint density at radius 2 is 1.03 bits per heavy atom. The predicted octanol–water partition coefficient (Wildman–Crippen LogP) is 7.40. The maximum absolute atomic E-state index is 13.0. The summed E-state index contributed by atoms with van der Waals surface area (Å²) in [6.07, 6.45) is 11.2. The van der Waals surface area contributed by atoms with Crippen LogP contribution in [0.5, 0.6) is 35.3 Å². The van der Waals surface area contributed by atoms with E-state index in [4.69, 9.17) is 4.42 Å². The largest absolute Gasteiger partial charge is 3.00 e. The van der Waals surface area contributed by atoms with Crippen molar-refractivity contribution in [3.8, 4) is 98.3 Å². The summed E-state index contributed by atoms with van der Waals surface area (Å²) in [6.45, 7) is 13.3. The molecule has 0 amide bonds. The maximum atomic E-state index is 13.0. The smallest absolute Gasteiger partial charge is 0.869 e. The summed E-state index contributed by atoms with van der Waals surface area (Å²) in [4.78, 5) is 30.3. The van der Waals surface area contributed by atoms with Gasteiger partial charge in [-0.1, -0.05) is 121 Å². The van der Waals surface area contributed by atoms with Gasteiger partial charge in [-0.3, -0.25) is 14.6 Å². The number of hydrogen-bond acceptors (Lipinski definition) is 18. The number of pyridine rings is 3. The number of benzene rings is 4. The molecule has 0 aliphatic heterocycles. The van der Waals surface area contributed by atoms with Gasteiger partial charge in [0.1, 0.15) is 12.1 Å². The zero-order valence-electron chi connectivity index (χ0n) is 58.0. The van der Waals surface area contributed by atoms with Gasteiger partial charge in [-0.25, -0.2) is 34.0 Å². The number of rotatable bonds is 9. The maximum Gasteiger partial charge on any atom is 3.00 e. The molecule has 105 heavy (non-hydrogen) atoms. The third-order valence-corrected chi connectivity index (χ3v) is 14.6. The van der Waals surface area contributed by atoms with Gasteiger partial charge < -0.3 is 44.2 Å². The molecule has 0 atom stereocenters. The Kier molecular flexibility index (Phi) is 32.6. The average molecular weight is 1560 g/mol. The van der Waals surface area contributed by atoms with Crippen LogP contribution in [0.4, 0.5) is 0 Å². The van der Waals surface area contributed by atoms with Crippen LogP contribution >= 0.6 is 0 Å². The molecular formula is C74H62Al4Ga2N18O7+12. The molecule has 0 unspecified atom stereocenters. The monoisotopic (exact) mass is 1560 g/mol. The Morgan fingerprint density at radius 3 is 1.57 bits per heavy atom. The van der Waals surface area contributed by atoms with Crippen LogP contribution in [0.25, 0.3) is 74.0 Å². The molecule has 12 aromatic heterocycles. The van der Waals surface area contributed by atoms with Gasteiger partial charge in [0.25, 0.3) is 0 Å². The van der Waals surface area contributed by atoms with Crippen molar-refractivity contribution in [3.63, 3.8) is 0 Å². The van der Waals surface area contributed by atoms with E-state index in [1.165, 1.54) is 48.0 Å². The molecule has 0 radical (unpaired) electrons.